The van der Waals surface area contributed by atoms with Crippen LogP contribution < -0.4 is 10.1 Å². The molecule has 1 aromatic rings. The Morgan fingerprint density at radius 3 is 2.42 bits per heavy atom. The molecule has 1 rings (SSSR count). The van der Waals surface area contributed by atoms with Crippen molar-refractivity contribution in [2.24, 2.45) is 0 Å². The van der Waals surface area contributed by atoms with E-state index in [4.69, 9.17) is 9.47 Å². The van der Waals surface area contributed by atoms with Gasteiger partial charge in [0.25, 0.3) is 0 Å². The van der Waals surface area contributed by atoms with Crippen molar-refractivity contribution in [2.75, 3.05) is 33.4 Å². The number of methoxy groups -OCH3 is 1. The lowest BCUT2D eigenvalue weighted by Crippen LogP contribution is -2.20. The molecule has 0 atom stereocenters. The highest BCUT2D eigenvalue weighted by Gasteiger charge is 2.05. The van der Waals surface area contributed by atoms with Gasteiger partial charge in [0.05, 0.1) is 13.2 Å². The molecule has 0 aliphatic rings. The Balaban J connectivity index is 2.21. The Bertz CT molecular complexity index is 377. The van der Waals surface area contributed by atoms with Crippen molar-refractivity contribution >= 4 is 0 Å². The molecule has 0 unspecified atom stereocenters. The maximum absolute atomic E-state index is 5.92. The van der Waals surface area contributed by atoms with Crippen LogP contribution in [-0.2, 0) is 4.74 Å². The highest BCUT2D eigenvalue weighted by molar-refractivity contribution is 5.44. The summed E-state index contributed by atoms with van der Waals surface area (Å²) in [6.07, 6.45) is 2.21. The van der Waals surface area contributed by atoms with Crippen LogP contribution in [0, 0.1) is 20.8 Å². The second-order valence-corrected chi connectivity index (χ2v) is 4.95. The zero-order valence-electron chi connectivity index (χ0n) is 12.7. The lowest BCUT2D eigenvalue weighted by atomic mass is 10.1. The van der Waals surface area contributed by atoms with Crippen LogP contribution in [-0.4, -0.2) is 33.4 Å². The van der Waals surface area contributed by atoms with E-state index >= 15 is 0 Å². The highest BCUT2D eigenvalue weighted by atomic mass is 16.5. The summed E-state index contributed by atoms with van der Waals surface area (Å²) in [5, 5.41) is 3.34. The number of unbranched alkanes of at least 4 members (excludes halogenated alkanes) is 1. The standard InChI is InChI=1S/C16H27NO2/c1-13-7-8-14(2)16(15(13)3)19-11-6-5-9-17-10-12-18-4/h7-8,17H,5-6,9-12H2,1-4H3. The predicted octanol–water partition coefficient (Wildman–Crippen LogP) is 3.01. The van der Waals surface area contributed by atoms with E-state index in [1.807, 2.05) is 0 Å². The Morgan fingerprint density at radius 2 is 1.68 bits per heavy atom. The zero-order valence-corrected chi connectivity index (χ0v) is 12.7. The summed E-state index contributed by atoms with van der Waals surface area (Å²) in [5.74, 6) is 1.06. The third-order valence-electron chi connectivity index (χ3n) is 3.35. The largest absolute Gasteiger partial charge is 0.493 e. The van der Waals surface area contributed by atoms with Crippen LogP contribution in [0.4, 0.5) is 0 Å². The molecule has 1 aromatic carbocycles. The van der Waals surface area contributed by atoms with Gasteiger partial charge >= 0.3 is 0 Å². The number of aryl methyl sites for hydroxylation is 2. The van der Waals surface area contributed by atoms with Gasteiger partial charge in [-0.25, -0.2) is 0 Å². The van der Waals surface area contributed by atoms with Crippen LogP contribution in [0.3, 0.4) is 0 Å². The minimum atomic E-state index is 0.776. The van der Waals surface area contributed by atoms with Crippen molar-refractivity contribution in [3.8, 4) is 5.75 Å². The average molecular weight is 265 g/mol. The van der Waals surface area contributed by atoms with Crippen LogP contribution in [0.15, 0.2) is 12.1 Å². The number of ether oxygens (including phenoxy) is 2. The van der Waals surface area contributed by atoms with Gasteiger partial charge in [0.15, 0.2) is 0 Å². The van der Waals surface area contributed by atoms with E-state index in [0.717, 1.165) is 44.9 Å². The second-order valence-electron chi connectivity index (χ2n) is 4.95. The molecule has 0 spiro atoms. The highest BCUT2D eigenvalue weighted by Crippen LogP contribution is 2.25. The SMILES string of the molecule is COCCNCCCCOc1c(C)ccc(C)c1C. The van der Waals surface area contributed by atoms with Gasteiger partial charge in [0.1, 0.15) is 5.75 Å². The summed E-state index contributed by atoms with van der Waals surface area (Å²) >= 11 is 0. The lowest BCUT2D eigenvalue weighted by molar-refractivity contribution is 0.199. The molecule has 0 saturated carbocycles. The molecule has 0 bridgehead atoms. The third-order valence-corrected chi connectivity index (χ3v) is 3.35. The number of benzene rings is 1. The summed E-state index contributed by atoms with van der Waals surface area (Å²) in [6, 6.07) is 4.28. The van der Waals surface area contributed by atoms with Gasteiger partial charge in [-0.2, -0.15) is 0 Å². The van der Waals surface area contributed by atoms with Crippen molar-refractivity contribution < 1.29 is 9.47 Å². The minimum absolute atomic E-state index is 0.776. The van der Waals surface area contributed by atoms with Crippen LogP contribution in [0.1, 0.15) is 29.5 Å². The molecule has 1 N–H and O–H groups in total. The summed E-state index contributed by atoms with van der Waals surface area (Å²) in [4.78, 5) is 0. The summed E-state index contributed by atoms with van der Waals surface area (Å²) in [6.45, 7) is 9.88. The lowest BCUT2D eigenvalue weighted by Gasteiger charge is -2.14. The quantitative estimate of drug-likeness (QED) is 0.696. The monoisotopic (exact) mass is 265 g/mol. The fraction of sp³-hybridized carbons (Fsp3) is 0.625. The summed E-state index contributed by atoms with van der Waals surface area (Å²) in [7, 11) is 1.72. The number of hydrogen-bond donors (Lipinski definition) is 1. The minimum Gasteiger partial charge on any atom is -0.493 e. The number of nitrogens with one attached hydrogen (secondary N) is 1. The van der Waals surface area contributed by atoms with E-state index in [1.165, 1.54) is 16.7 Å². The molecule has 0 aromatic heterocycles. The Hall–Kier alpha value is -1.06. The van der Waals surface area contributed by atoms with Crippen molar-refractivity contribution in [3.63, 3.8) is 0 Å². The maximum atomic E-state index is 5.92. The normalized spacial score (nSPS) is 10.7. The fourth-order valence-electron chi connectivity index (χ4n) is 1.97. The molecule has 0 fully saturated rings. The van der Waals surface area contributed by atoms with Crippen molar-refractivity contribution in [2.45, 2.75) is 33.6 Å². The first-order valence-electron chi connectivity index (χ1n) is 7.06. The zero-order chi connectivity index (χ0) is 14.1. The van der Waals surface area contributed by atoms with E-state index in [9.17, 15) is 0 Å². The first-order chi connectivity index (χ1) is 9.16. The second kappa shape index (κ2) is 8.94. The van der Waals surface area contributed by atoms with Crippen molar-refractivity contribution in [3.05, 3.63) is 28.8 Å². The molecule has 3 nitrogen and oxygen atoms in total. The molecule has 0 aliphatic heterocycles. The fourth-order valence-corrected chi connectivity index (χ4v) is 1.97. The predicted molar refractivity (Wildman–Crippen MR) is 80.1 cm³/mol. The van der Waals surface area contributed by atoms with E-state index in [1.54, 1.807) is 7.11 Å². The topological polar surface area (TPSA) is 30.5 Å². The van der Waals surface area contributed by atoms with Gasteiger partial charge in [0.2, 0.25) is 0 Å². The van der Waals surface area contributed by atoms with Crippen LogP contribution >= 0.6 is 0 Å². The molecule has 108 valence electrons. The molecular weight excluding hydrogens is 238 g/mol. The first-order valence-corrected chi connectivity index (χ1v) is 7.06. The van der Waals surface area contributed by atoms with Gasteiger partial charge in [-0.15, -0.1) is 0 Å². The molecule has 3 heteroatoms. The molecular formula is C16H27NO2. The Labute approximate surface area is 117 Å². The third kappa shape index (κ3) is 5.62. The molecule has 0 aliphatic carbocycles. The Kier molecular flexibility index (Phi) is 7.53. The summed E-state index contributed by atoms with van der Waals surface area (Å²) in [5.41, 5.74) is 3.78. The Morgan fingerprint density at radius 1 is 0.947 bits per heavy atom. The average Bonchev–Trinajstić information content (AvgIpc) is 2.40. The maximum Gasteiger partial charge on any atom is 0.125 e. The van der Waals surface area contributed by atoms with Gasteiger partial charge in [-0.1, -0.05) is 12.1 Å². The smallest absolute Gasteiger partial charge is 0.125 e. The van der Waals surface area contributed by atoms with E-state index < -0.39 is 0 Å². The van der Waals surface area contributed by atoms with Crippen molar-refractivity contribution in [1.82, 2.24) is 5.32 Å². The summed E-state index contributed by atoms with van der Waals surface area (Å²) < 4.78 is 10.9. The van der Waals surface area contributed by atoms with Gasteiger partial charge in [0, 0.05) is 13.7 Å². The molecule has 0 amide bonds. The van der Waals surface area contributed by atoms with Crippen LogP contribution in [0.2, 0.25) is 0 Å². The molecule has 0 radical (unpaired) electrons. The molecule has 0 saturated heterocycles. The number of rotatable bonds is 9. The van der Waals surface area contributed by atoms with Gasteiger partial charge < -0.3 is 14.8 Å². The molecule has 19 heavy (non-hydrogen) atoms. The number of hydrogen-bond acceptors (Lipinski definition) is 3. The van der Waals surface area contributed by atoms with Gasteiger partial charge in [-0.05, 0) is 56.8 Å². The van der Waals surface area contributed by atoms with E-state index in [-0.39, 0.29) is 0 Å². The van der Waals surface area contributed by atoms with Crippen LogP contribution in [0.25, 0.3) is 0 Å². The van der Waals surface area contributed by atoms with Crippen molar-refractivity contribution in [1.29, 1.82) is 0 Å². The van der Waals surface area contributed by atoms with Crippen LogP contribution in [0.5, 0.6) is 5.75 Å². The molecule has 0 heterocycles. The van der Waals surface area contributed by atoms with E-state index in [0.29, 0.717) is 0 Å². The van der Waals surface area contributed by atoms with E-state index in [2.05, 4.69) is 38.2 Å². The van der Waals surface area contributed by atoms with Gasteiger partial charge in [-0.3, -0.25) is 0 Å². The first kappa shape index (κ1) is 16.0.